The fraction of sp³-hybridized carbons (Fsp3) is 0.667. The lowest BCUT2D eigenvalue weighted by Crippen LogP contribution is -2.51. The van der Waals surface area contributed by atoms with Crippen molar-refractivity contribution in [3.05, 3.63) is 17.5 Å². The molecule has 0 aromatic carbocycles. The smallest absolute Gasteiger partial charge is 0.225 e. The molecular formula is C12H19ClN4. The Morgan fingerprint density at radius 3 is 2.82 bits per heavy atom. The molecule has 0 N–H and O–H groups in total. The van der Waals surface area contributed by atoms with Gasteiger partial charge in [0.1, 0.15) is 0 Å². The SMILES string of the molecule is Cc1nc(N2CCN(C)CC2C)ncc1CCl. The molecule has 1 aromatic rings. The first-order chi connectivity index (χ1) is 8.11. The molecule has 1 unspecified atom stereocenters. The Balaban J connectivity index is 2.19. The number of likely N-dealkylation sites (N-methyl/N-ethyl adjacent to an activating group) is 1. The second-order valence-corrected chi connectivity index (χ2v) is 4.99. The summed E-state index contributed by atoms with van der Waals surface area (Å²) in [5, 5.41) is 0. The summed E-state index contributed by atoms with van der Waals surface area (Å²) < 4.78 is 0. The molecule has 1 aliphatic heterocycles. The quantitative estimate of drug-likeness (QED) is 0.752. The first kappa shape index (κ1) is 12.6. The summed E-state index contributed by atoms with van der Waals surface area (Å²) in [6.45, 7) is 7.30. The molecule has 5 heteroatoms. The zero-order valence-electron chi connectivity index (χ0n) is 10.6. The van der Waals surface area contributed by atoms with Gasteiger partial charge in [-0.05, 0) is 20.9 Å². The van der Waals surface area contributed by atoms with Crippen LogP contribution in [0, 0.1) is 6.92 Å². The lowest BCUT2D eigenvalue weighted by Gasteiger charge is -2.38. The van der Waals surface area contributed by atoms with E-state index in [1.807, 2.05) is 13.1 Å². The van der Waals surface area contributed by atoms with Gasteiger partial charge in [0.15, 0.2) is 0 Å². The average molecular weight is 255 g/mol. The number of hydrogen-bond acceptors (Lipinski definition) is 4. The van der Waals surface area contributed by atoms with Crippen molar-refractivity contribution in [3.8, 4) is 0 Å². The molecule has 1 atom stereocenters. The van der Waals surface area contributed by atoms with Crippen LogP contribution in [0.25, 0.3) is 0 Å². The van der Waals surface area contributed by atoms with Crippen LogP contribution in [0.3, 0.4) is 0 Å². The number of piperazine rings is 1. The van der Waals surface area contributed by atoms with Crippen molar-refractivity contribution in [1.82, 2.24) is 14.9 Å². The molecule has 1 aliphatic rings. The predicted molar refractivity (Wildman–Crippen MR) is 70.6 cm³/mol. The zero-order valence-corrected chi connectivity index (χ0v) is 11.4. The van der Waals surface area contributed by atoms with Crippen LogP contribution < -0.4 is 4.90 Å². The predicted octanol–water partition coefficient (Wildman–Crippen LogP) is 1.66. The van der Waals surface area contributed by atoms with Gasteiger partial charge in [0.25, 0.3) is 0 Å². The number of anilines is 1. The standard InChI is InChI=1S/C12H19ClN4/c1-9-8-16(3)4-5-17(9)12-14-7-11(6-13)10(2)15-12/h7,9H,4-6,8H2,1-3H3. The van der Waals surface area contributed by atoms with Crippen molar-refractivity contribution in [1.29, 1.82) is 0 Å². The fourth-order valence-corrected chi connectivity index (χ4v) is 2.45. The van der Waals surface area contributed by atoms with Crippen LogP contribution in [0.2, 0.25) is 0 Å². The number of halogens is 1. The number of alkyl halides is 1. The van der Waals surface area contributed by atoms with Crippen molar-refractivity contribution in [2.45, 2.75) is 25.8 Å². The molecule has 17 heavy (non-hydrogen) atoms. The number of aryl methyl sites for hydroxylation is 1. The Morgan fingerprint density at radius 1 is 1.47 bits per heavy atom. The van der Waals surface area contributed by atoms with Gasteiger partial charge in [-0.3, -0.25) is 0 Å². The third kappa shape index (κ3) is 2.69. The molecule has 1 aromatic heterocycles. The lowest BCUT2D eigenvalue weighted by molar-refractivity contribution is 0.273. The molecule has 2 heterocycles. The Labute approximate surface area is 108 Å². The van der Waals surface area contributed by atoms with E-state index in [9.17, 15) is 0 Å². The topological polar surface area (TPSA) is 32.3 Å². The van der Waals surface area contributed by atoms with Gasteiger partial charge in [0.2, 0.25) is 5.95 Å². The average Bonchev–Trinajstić information content (AvgIpc) is 2.29. The number of hydrogen-bond donors (Lipinski definition) is 0. The molecule has 0 aliphatic carbocycles. The van der Waals surface area contributed by atoms with Crippen LogP contribution in [-0.2, 0) is 5.88 Å². The summed E-state index contributed by atoms with van der Waals surface area (Å²) in [6, 6.07) is 0.454. The van der Waals surface area contributed by atoms with Gasteiger partial charge in [0.05, 0.1) is 5.88 Å². The number of nitrogens with zero attached hydrogens (tertiary/aromatic N) is 4. The fourth-order valence-electron chi connectivity index (χ4n) is 2.19. The van der Waals surface area contributed by atoms with Crippen molar-refractivity contribution < 1.29 is 0 Å². The van der Waals surface area contributed by atoms with Gasteiger partial charge >= 0.3 is 0 Å². The highest BCUT2D eigenvalue weighted by molar-refractivity contribution is 6.17. The molecule has 1 saturated heterocycles. The van der Waals surface area contributed by atoms with Crippen LogP contribution in [0.1, 0.15) is 18.2 Å². The molecule has 0 spiro atoms. The summed E-state index contributed by atoms with van der Waals surface area (Å²) in [6.07, 6.45) is 1.84. The van der Waals surface area contributed by atoms with E-state index >= 15 is 0 Å². The molecule has 0 radical (unpaired) electrons. The largest absolute Gasteiger partial charge is 0.336 e. The molecule has 2 rings (SSSR count). The molecule has 1 fully saturated rings. The van der Waals surface area contributed by atoms with Crippen LogP contribution >= 0.6 is 11.6 Å². The van der Waals surface area contributed by atoms with E-state index in [4.69, 9.17) is 11.6 Å². The summed E-state index contributed by atoms with van der Waals surface area (Å²) in [5.41, 5.74) is 1.99. The summed E-state index contributed by atoms with van der Waals surface area (Å²) in [5.74, 6) is 1.31. The lowest BCUT2D eigenvalue weighted by atomic mass is 10.2. The highest BCUT2D eigenvalue weighted by Crippen LogP contribution is 2.17. The summed E-state index contributed by atoms with van der Waals surface area (Å²) in [7, 11) is 2.15. The van der Waals surface area contributed by atoms with Crippen LogP contribution in [0.5, 0.6) is 0 Å². The Hall–Kier alpha value is -0.870. The van der Waals surface area contributed by atoms with Crippen LogP contribution in [0.15, 0.2) is 6.20 Å². The minimum Gasteiger partial charge on any atom is -0.336 e. The maximum absolute atomic E-state index is 5.82. The maximum Gasteiger partial charge on any atom is 0.225 e. The second kappa shape index (κ2) is 5.19. The van der Waals surface area contributed by atoms with Gasteiger partial charge < -0.3 is 9.80 Å². The Morgan fingerprint density at radius 2 is 2.24 bits per heavy atom. The minimum atomic E-state index is 0.454. The van der Waals surface area contributed by atoms with Crippen molar-refractivity contribution >= 4 is 17.5 Å². The molecule has 0 saturated carbocycles. The van der Waals surface area contributed by atoms with Gasteiger partial charge in [0, 0.05) is 43.1 Å². The van der Waals surface area contributed by atoms with Crippen molar-refractivity contribution in [2.24, 2.45) is 0 Å². The van der Waals surface area contributed by atoms with Crippen molar-refractivity contribution in [2.75, 3.05) is 31.6 Å². The second-order valence-electron chi connectivity index (χ2n) is 4.72. The van der Waals surface area contributed by atoms with E-state index in [2.05, 4.69) is 33.7 Å². The molecule has 0 bridgehead atoms. The van der Waals surface area contributed by atoms with Gasteiger partial charge in [-0.25, -0.2) is 9.97 Å². The van der Waals surface area contributed by atoms with E-state index in [-0.39, 0.29) is 0 Å². The molecular weight excluding hydrogens is 236 g/mol. The zero-order chi connectivity index (χ0) is 12.4. The molecule has 94 valence electrons. The first-order valence-electron chi connectivity index (χ1n) is 5.95. The third-order valence-electron chi connectivity index (χ3n) is 3.30. The first-order valence-corrected chi connectivity index (χ1v) is 6.49. The molecule has 0 amide bonds. The van der Waals surface area contributed by atoms with Gasteiger partial charge in [-0.1, -0.05) is 0 Å². The van der Waals surface area contributed by atoms with Gasteiger partial charge in [-0.15, -0.1) is 11.6 Å². The van der Waals surface area contributed by atoms with E-state index in [0.717, 1.165) is 36.8 Å². The van der Waals surface area contributed by atoms with Gasteiger partial charge in [-0.2, -0.15) is 0 Å². The van der Waals surface area contributed by atoms with Crippen molar-refractivity contribution in [3.63, 3.8) is 0 Å². The van der Waals surface area contributed by atoms with E-state index in [1.54, 1.807) is 0 Å². The Bertz CT molecular complexity index is 396. The highest BCUT2D eigenvalue weighted by Gasteiger charge is 2.23. The number of rotatable bonds is 2. The van der Waals surface area contributed by atoms with Crippen LogP contribution in [0.4, 0.5) is 5.95 Å². The number of aromatic nitrogens is 2. The summed E-state index contributed by atoms with van der Waals surface area (Å²) in [4.78, 5) is 13.6. The van der Waals surface area contributed by atoms with E-state index in [1.165, 1.54) is 0 Å². The Kier molecular flexibility index (Phi) is 3.84. The highest BCUT2D eigenvalue weighted by atomic mass is 35.5. The monoisotopic (exact) mass is 254 g/mol. The third-order valence-corrected chi connectivity index (χ3v) is 3.59. The molecule has 4 nitrogen and oxygen atoms in total. The van der Waals surface area contributed by atoms with E-state index in [0.29, 0.717) is 11.9 Å². The summed E-state index contributed by atoms with van der Waals surface area (Å²) >= 11 is 5.82. The maximum atomic E-state index is 5.82. The normalized spacial score (nSPS) is 21.9. The minimum absolute atomic E-state index is 0.454. The van der Waals surface area contributed by atoms with Crippen LogP contribution in [-0.4, -0.2) is 47.6 Å². The van der Waals surface area contributed by atoms with E-state index < -0.39 is 0 Å².